The van der Waals surface area contributed by atoms with Crippen LogP contribution >= 0.6 is 0 Å². The van der Waals surface area contributed by atoms with Gasteiger partial charge < -0.3 is 0 Å². The molecule has 1 heterocycles. The van der Waals surface area contributed by atoms with Crippen molar-refractivity contribution in [2.24, 2.45) is 5.41 Å². The van der Waals surface area contributed by atoms with Crippen LogP contribution in [0.2, 0.25) is 0 Å². The molecule has 0 aromatic rings. The number of carbonyl (C=O) groups excluding carboxylic acids is 1. The Morgan fingerprint density at radius 3 is 2.09 bits per heavy atom. The molecule has 1 amide bonds. The molecule has 1 unspecified atom stereocenters. The Morgan fingerprint density at radius 2 is 1.73 bits per heavy atom. The number of carboxylic acid groups (broad SMARTS) is 1. The van der Waals surface area contributed by atoms with Gasteiger partial charge in [0.15, 0.2) is 0 Å². The number of carbonyl (C=O) groups is 2. The third kappa shape index (κ3) is 2.05. The summed E-state index contributed by atoms with van der Waals surface area (Å²) >= 11 is 0. The summed E-state index contributed by atoms with van der Waals surface area (Å²) in [5, 5.41) is 9.57. The van der Waals surface area contributed by atoms with E-state index in [0.717, 1.165) is 7.15 Å². The van der Waals surface area contributed by atoms with Gasteiger partial charge in [0.25, 0.3) is 0 Å². The normalized spacial score (nSPS) is 27.1. The first-order valence-corrected chi connectivity index (χ1v) is 7.43. The minimum atomic E-state index is -1.34. The molecule has 1 rings (SSSR count). The predicted molar refractivity (Wildman–Crippen MR) is 83.9 cm³/mol. The molecule has 0 bridgehead atoms. The van der Waals surface area contributed by atoms with Crippen LogP contribution in [0.3, 0.4) is 0 Å². The molecular formula is C15H27BN2O4. The topological polar surface area (TPSA) is 77.9 Å². The summed E-state index contributed by atoms with van der Waals surface area (Å²) < 4.78 is 10.9. The van der Waals surface area contributed by atoms with Gasteiger partial charge in [-0.1, -0.05) is 0 Å². The Morgan fingerprint density at radius 1 is 1.27 bits per heavy atom. The Balaban J connectivity index is 3.59. The number of likely N-dealkylation sites (N-methyl/N-ethyl adjacent to an activating group) is 1. The number of hydrogen-bond donors (Lipinski definition) is 1. The zero-order valence-electron chi connectivity index (χ0n) is 14.9. The summed E-state index contributed by atoms with van der Waals surface area (Å²) in [7, 11) is 2.48. The van der Waals surface area contributed by atoms with Crippen molar-refractivity contribution >= 4 is 19.0 Å². The van der Waals surface area contributed by atoms with E-state index >= 15 is 0 Å². The van der Waals surface area contributed by atoms with Crippen LogP contribution in [0.25, 0.3) is 0 Å². The number of likely N-dealkylation sites (tertiary alicyclic amines) is 1. The van der Waals surface area contributed by atoms with Gasteiger partial charge in [0.05, 0.1) is 0 Å². The number of carboxylic acids is 1. The Labute approximate surface area is 133 Å². The zero-order chi connectivity index (χ0) is 17.7. The van der Waals surface area contributed by atoms with Gasteiger partial charge in [0.1, 0.15) is 0 Å². The van der Waals surface area contributed by atoms with Crippen LogP contribution in [0.15, 0.2) is 0 Å². The molecule has 1 fully saturated rings. The van der Waals surface area contributed by atoms with Crippen molar-refractivity contribution in [3.63, 3.8) is 0 Å². The Bertz CT molecular complexity index is 516. The van der Waals surface area contributed by atoms with Crippen molar-refractivity contribution in [3.8, 4) is 0 Å². The van der Waals surface area contributed by atoms with Crippen LogP contribution < -0.4 is 0 Å². The molecule has 0 spiro atoms. The van der Waals surface area contributed by atoms with E-state index in [0.29, 0.717) is 0 Å². The van der Waals surface area contributed by atoms with Gasteiger partial charge >= 0.3 is 132 Å². The average molecular weight is 310 g/mol. The van der Waals surface area contributed by atoms with Crippen molar-refractivity contribution in [3.05, 3.63) is 0 Å². The molecule has 1 aliphatic rings. The second-order valence-electron chi connectivity index (χ2n) is 7.81. The van der Waals surface area contributed by atoms with Gasteiger partial charge in [0.2, 0.25) is 0 Å². The number of hydrogen-bond acceptors (Lipinski definition) is 4. The predicted octanol–water partition coefficient (Wildman–Crippen LogP) is 1.19. The molecule has 0 radical (unpaired) electrons. The molecule has 0 aromatic heterocycles. The molecule has 6 nitrogen and oxygen atoms in total. The van der Waals surface area contributed by atoms with Gasteiger partial charge in [-0.2, -0.15) is 0 Å². The standard InChI is InChI=1S/C15H27BN2O4/c1-12(2,11(20)21)18-10(19)15(7,17(8)9-16-22)13(3,4)14(18,5)6/h9H2,1-8H3,(H,20,21). The number of aliphatic carboxylic acids is 1. The molecule has 1 saturated heterocycles. The van der Waals surface area contributed by atoms with E-state index < -0.39 is 28.0 Å². The summed E-state index contributed by atoms with van der Waals surface area (Å²) in [4.78, 5) is 28.1. The van der Waals surface area contributed by atoms with Gasteiger partial charge in [-0.05, 0) is 0 Å². The van der Waals surface area contributed by atoms with E-state index in [1.807, 2.05) is 27.7 Å². The quantitative estimate of drug-likeness (QED) is 0.772. The van der Waals surface area contributed by atoms with Crippen molar-refractivity contribution in [1.82, 2.24) is 9.80 Å². The van der Waals surface area contributed by atoms with Crippen LogP contribution in [-0.4, -0.2) is 64.0 Å². The first kappa shape index (κ1) is 18.8. The van der Waals surface area contributed by atoms with Crippen molar-refractivity contribution < 1.29 is 19.4 Å². The average Bonchev–Trinajstić information content (AvgIpc) is 2.46. The Hall–Kier alpha value is -1.24. The fraction of sp³-hybridized carbons (Fsp3) is 0.867. The van der Waals surface area contributed by atoms with E-state index in [-0.39, 0.29) is 12.4 Å². The summed E-state index contributed by atoms with van der Waals surface area (Å²) in [5.74, 6) is -1.31. The molecule has 22 heavy (non-hydrogen) atoms. The molecule has 0 aromatic carbocycles. The molecule has 124 valence electrons. The number of amides is 1. The van der Waals surface area contributed by atoms with Gasteiger partial charge in [-0.25, -0.2) is 0 Å². The first-order chi connectivity index (χ1) is 9.70. The molecule has 0 saturated carbocycles. The van der Waals surface area contributed by atoms with Gasteiger partial charge in [-0.15, -0.1) is 0 Å². The number of nitrogens with zero attached hydrogens (tertiary/aromatic N) is 2. The van der Waals surface area contributed by atoms with Crippen LogP contribution in [0.4, 0.5) is 0 Å². The summed E-state index contributed by atoms with van der Waals surface area (Å²) in [6.45, 7) is 12.5. The molecule has 1 N–H and O–H groups in total. The molecule has 1 atom stereocenters. The second kappa shape index (κ2) is 5.15. The first-order valence-electron chi connectivity index (χ1n) is 7.43. The van der Waals surface area contributed by atoms with E-state index in [2.05, 4.69) is 0 Å². The maximum atomic E-state index is 13.2. The van der Waals surface area contributed by atoms with Crippen molar-refractivity contribution in [1.29, 1.82) is 0 Å². The summed E-state index contributed by atoms with van der Waals surface area (Å²) in [6.07, 6.45) is 0.114. The maximum absolute atomic E-state index is 13.2. The van der Waals surface area contributed by atoms with E-state index in [4.69, 9.17) is 0 Å². The zero-order valence-corrected chi connectivity index (χ0v) is 14.9. The number of rotatable bonds is 5. The monoisotopic (exact) mass is 310 g/mol. The van der Waals surface area contributed by atoms with E-state index in [9.17, 15) is 19.4 Å². The van der Waals surface area contributed by atoms with Crippen molar-refractivity contribution in [2.75, 3.05) is 13.5 Å². The van der Waals surface area contributed by atoms with Crippen LogP contribution in [0.5, 0.6) is 0 Å². The fourth-order valence-electron chi connectivity index (χ4n) is 3.60. The van der Waals surface area contributed by atoms with Gasteiger partial charge in [-0.3, -0.25) is 0 Å². The van der Waals surface area contributed by atoms with Gasteiger partial charge in [0, 0.05) is 0 Å². The van der Waals surface area contributed by atoms with E-state index in [1.165, 1.54) is 18.7 Å². The van der Waals surface area contributed by atoms with Crippen molar-refractivity contribution in [2.45, 2.75) is 65.1 Å². The fourth-order valence-corrected chi connectivity index (χ4v) is 3.60. The Kier molecular flexibility index (Phi) is 4.40. The third-order valence-electron chi connectivity index (χ3n) is 6.12. The minimum absolute atomic E-state index is 0.114. The summed E-state index contributed by atoms with van der Waals surface area (Å²) in [5.41, 5.74) is -3.57. The molecule has 1 aliphatic heterocycles. The second-order valence-corrected chi connectivity index (χ2v) is 7.81. The third-order valence-corrected chi connectivity index (χ3v) is 6.12. The molecule has 0 aliphatic carbocycles. The van der Waals surface area contributed by atoms with Crippen LogP contribution in [0.1, 0.15) is 48.5 Å². The van der Waals surface area contributed by atoms with Crippen LogP contribution in [0, 0.1) is 5.41 Å². The summed E-state index contributed by atoms with van der Waals surface area (Å²) in [6, 6.07) is 0. The SMILES string of the molecule is CN(CB=O)C1(C)C(=O)N(C(C)(C)C(=O)O)C(C)(C)C1(C)C. The molecule has 7 heteroatoms. The van der Waals surface area contributed by atoms with E-state index in [1.54, 1.807) is 18.9 Å². The van der Waals surface area contributed by atoms with Crippen LogP contribution in [-0.2, 0) is 14.3 Å². The molecular weight excluding hydrogens is 283 g/mol.